The van der Waals surface area contributed by atoms with Crippen molar-refractivity contribution in [2.24, 2.45) is 0 Å². The van der Waals surface area contributed by atoms with Gasteiger partial charge in [0.25, 0.3) is 11.5 Å². The number of nitrogens with one attached hydrogen (secondary N) is 2. The van der Waals surface area contributed by atoms with Gasteiger partial charge >= 0.3 is 0 Å². The van der Waals surface area contributed by atoms with Gasteiger partial charge in [0.05, 0.1) is 12.3 Å². The Kier molecular flexibility index (Phi) is 8.85. The van der Waals surface area contributed by atoms with E-state index >= 15 is 0 Å². The summed E-state index contributed by atoms with van der Waals surface area (Å²) in [6.45, 7) is 10.4. The molecule has 0 bridgehead atoms. The van der Waals surface area contributed by atoms with Crippen LogP contribution < -0.4 is 15.6 Å². The SMILES string of the molecule is CCCOc1ccc(C(=O)NCCN2CCCC2)cc1Cc1nc(CC)c(CC)c(=O)[nH]1. The lowest BCUT2D eigenvalue weighted by Crippen LogP contribution is -2.33. The minimum absolute atomic E-state index is 0.0822. The predicted molar refractivity (Wildman–Crippen MR) is 127 cm³/mol. The van der Waals surface area contributed by atoms with E-state index in [1.165, 1.54) is 12.8 Å². The molecule has 1 aliphatic heterocycles. The van der Waals surface area contributed by atoms with Gasteiger partial charge in [0.2, 0.25) is 0 Å². The second kappa shape index (κ2) is 11.8. The summed E-state index contributed by atoms with van der Waals surface area (Å²) in [5.41, 5.74) is 2.93. The molecule has 0 saturated carbocycles. The fourth-order valence-corrected chi connectivity index (χ4v) is 4.16. The van der Waals surface area contributed by atoms with Crippen molar-refractivity contribution in [3.05, 3.63) is 56.8 Å². The van der Waals surface area contributed by atoms with E-state index in [2.05, 4.69) is 22.1 Å². The maximum absolute atomic E-state index is 12.7. The molecule has 1 saturated heterocycles. The zero-order valence-corrected chi connectivity index (χ0v) is 19.6. The second-order valence-corrected chi connectivity index (χ2v) is 8.30. The van der Waals surface area contributed by atoms with Crippen LogP contribution in [0.25, 0.3) is 0 Å². The molecule has 7 heteroatoms. The number of H-pyrrole nitrogens is 1. The number of aryl methyl sites for hydroxylation is 1. The third-order valence-electron chi connectivity index (χ3n) is 5.89. The zero-order valence-electron chi connectivity index (χ0n) is 19.6. The van der Waals surface area contributed by atoms with Crippen LogP contribution in [0.3, 0.4) is 0 Å². The Morgan fingerprint density at radius 2 is 1.97 bits per heavy atom. The number of rotatable bonds is 11. The fraction of sp³-hybridized carbons (Fsp3) is 0.560. The standard InChI is InChI=1S/C25H36N4O3/c1-4-15-32-22-10-9-18(24(30)26-11-14-29-12-7-8-13-29)16-19(22)17-23-27-21(6-3)20(5-2)25(31)28-23/h9-10,16H,4-8,11-15,17H2,1-3H3,(H,26,30)(H,27,28,31). The van der Waals surface area contributed by atoms with Crippen molar-refractivity contribution < 1.29 is 9.53 Å². The summed E-state index contributed by atoms with van der Waals surface area (Å²) in [6, 6.07) is 5.50. The molecule has 2 aromatic rings. The van der Waals surface area contributed by atoms with E-state index in [9.17, 15) is 9.59 Å². The Hall–Kier alpha value is -2.67. The van der Waals surface area contributed by atoms with Gasteiger partial charge in [0.15, 0.2) is 0 Å². The van der Waals surface area contributed by atoms with Crippen LogP contribution in [0.2, 0.25) is 0 Å². The minimum Gasteiger partial charge on any atom is -0.493 e. The van der Waals surface area contributed by atoms with Crippen LogP contribution in [0.1, 0.15) is 73.0 Å². The molecular formula is C25H36N4O3. The molecule has 1 aromatic carbocycles. The number of hydrogen-bond donors (Lipinski definition) is 2. The van der Waals surface area contributed by atoms with Crippen molar-refractivity contribution in [1.82, 2.24) is 20.2 Å². The number of hydrogen-bond acceptors (Lipinski definition) is 5. The Balaban J connectivity index is 1.78. The first kappa shape index (κ1) is 24.0. The first-order chi connectivity index (χ1) is 15.5. The topological polar surface area (TPSA) is 87.3 Å². The summed E-state index contributed by atoms with van der Waals surface area (Å²) < 4.78 is 5.92. The van der Waals surface area contributed by atoms with Crippen LogP contribution in [0.4, 0.5) is 0 Å². The number of benzene rings is 1. The maximum Gasteiger partial charge on any atom is 0.254 e. The number of aromatic nitrogens is 2. The normalized spacial score (nSPS) is 14.0. The Morgan fingerprint density at radius 1 is 1.19 bits per heavy atom. The summed E-state index contributed by atoms with van der Waals surface area (Å²) in [7, 11) is 0. The quantitative estimate of drug-likeness (QED) is 0.561. The molecule has 0 unspecified atom stereocenters. The van der Waals surface area contributed by atoms with Crippen LogP contribution in [0.15, 0.2) is 23.0 Å². The maximum atomic E-state index is 12.7. The predicted octanol–water partition coefficient (Wildman–Crippen LogP) is 3.10. The van der Waals surface area contributed by atoms with Gasteiger partial charge in [-0.3, -0.25) is 9.59 Å². The summed E-state index contributed by atoms with van der Waals surface area (Å²) >= 11 is 0. The monoisotopic (exact) mass is 440 g/mol. The molecule has 7 nitrogen and oxygen atoms in total. The molecule has 0 radical (unpaired) electrons. The molecule has 174 valence electrons. The number of ether oxygens (including phenoxy) is 1. The molecule has 0 atom stereocenters. The van der Waals surface area contributed by atoms with Crippen molar-refractivity contribution in [3.63, 3.8) is 0 Å². The molecule has 32 heavy (non-hydrogen) atoms. The van der Waals surface area contributed by atoms with Gasteiger partial charge < -0.3 is 19.9 Å². The molecule has 3 rings (SSSR count). The average Bonchev–Trinajstić information content (AvgIpc) is 3.31. The highest BCUT2D eigenvalue weighted by atomic mass is 16.5. The molecule has 2 heterocycles. The van der Waals surface area contributed by atoms with Crippen molar-refractivity contribution in [3.8, 4) is 5.75 Å². The average molecular weight is 441 g/mol. The number of carbonyl (C=O) groups excluding carboxylic acids is 1. The summed E-state index contributed by atoms with van der Waals surface area (Å²) in [4.78, 5) is 35.2. The highest BCUT2D eigenvalue weighted by Gasteiger charge is 2.15. The number of nitrogens with zero attached hydrogens (tertiary/aromatic N) is 2. The number of likely N-dealkylation sites (tertiary alicyclic amines) is 1. The Bertz CT molecular complexity index is 964. The van der Waals surface area contributed by atoms with Gasteiger partial charge in [-0.05, 0) is 63.4 Å². The molecule has 1 aliphatic rings. The lowest BCUT2D eigenvalue weighted by molar-refractivity contribution is 0.0949. The Labute approximate surface area is 190 Å². The van der Waals surface area contributed by atoms with E-state index in [1.54, 1.807) is 6.07 Å². The Morgan fingerprint density at radius 3 is 2.66 bits per heavy atom. The van der Waals surface area contributed by atoms with Crippen LogP contribution in [-0.4, -0.2) is 53.6 Å². The van der Waals surface area contributed by atoms with Gasteiger partial charge in [-0.1, -0.05) is 20.8 Å². The van der Waals surface area contributed by atoms with E-state index < -0.39 is 0 Å². The van der Waals surface area contributed by atoms with E-state index in [1.807, 2.05) is 26.0 Å². The molecule has 0 aliphatic carbocycles. The van der Waals surface area contributed by atoms with Gasteiger partial charge in [-0.25, -0.2) is 4.98 Å². The van der Waals surface area contributed by atoms with Gasteiger partial charge in [-0.2, -0.15) is 0 Å². The third-order valence-corrected chi connectivity index (χ3v) is 5.89. The van der Waals surface area contributed by atoms with Gasteiger partial charge in [-0.15, -0.1) is 0 Å². The highest BCUT2D eigenvalue weighted by molar-refractivity contribution is 5.94. The largest absolute Gasteiger partial charge is 0.493 e. The first-order valence-electron chi connectivity index (χ1n) is 11.9. The third kappa shape index (κ3) is 6.19. The molecule has 2 N–H and O–H groups in total. The van der Waals surface area contributed by atoms with Crippen molar-refractivity contribution >= 4 is 5.91 Å². The molecular weight excluding hydrogens is 404 g/mol. The van der Waals surface area contributed by atoms with Crippen molar-refractivity contribution in [2.75, 3.05) is 32.8 Å². The number of aromatic amines is 1. The summed E-state index contributed by atoms with van der Waals surface area (Å²) in [6.07, 6.45) is 5.14. The zero-order chi connectivity index (χ0) is 22.9. The second-order valence-electron chi connectivity index (χ2n) is 8.30. The van der Waals surface area contributed by atoms with Crippen LogP contribution in [0.5, 0.6) is 5.75 Å². The van der Waals surface area contributed by atoms with Gasteiger partial charge in [0, 0.05) is 36.2 Å². The van der Waals surface area contributed by atoms with Crippen LogP contribution >= 0.6 is 0 Å². The van der Waals surface area contributed by atoms with Crippen molar-refractivity contribution in [2.45, 2.75) is 59.3 Å². The van der Waals surface area contributed by atoms with Crippen LogP contribution in [-0.2, 0) is 19.3 Å². The van der Waals surface area contributed by atoms with E-state index in [4.69, 9.17) is 9.72 Å². The number of amides is 1. The molecule has 0 spiro atoms. The highest BCUT2D eigenvalue weighted by Crippen LogP contribution is 2.23. The van der Waals surface area contributed by atoms with E-state index in [0.29, 0.717) is 43.8 Å². The summed E-state index contributed by atoms with van der Waals surface area (Å²) in [5.74, 6) is 1.22. The van der Waals surface area contributed by atoms with Gasteiger partial charge in [0.1, 0.15) is 11.6 Å². The van der Waals surface area contributed by atoms with Crippen molar-refractivity contribution in [1.29, 1.82) is 0 Å². The minimum atomic E-state index is -0.0930. The molecule has 1 fully saturated rings. The lowest BCUT2D eigenvalue weighted by atomic mass is 10.0. The lowest BCUT2D eigenvalue weighted by Gasteiger charge is -2.16. The smallest absolute Gasteiger partial charge is 0.254 e. The summed E-state index contributed by atoms with van der Waals surface area (Å²) in [5, 5.41) is 3.03. The van der Waals surface area contributed by atoms with Crippen LogP contribution in [0, 0.1) is 0 Å². The molecule has 1 amide bonds. The molecule has 1 aromatic heterocycles. The first-order valence-corrected chi connectivity index (χ1v) is 11.9. The van der Waals surface area contributed by atoms with E-state index in [-0.39, 0.29) is 11.5 Å². The number of carbonyl (C=O) groups is 1. The fourth-order valence-electron chi connectivity index (χ4n) is 4.16. The van der Waals surface area contributed by atoms with E-state index in [0.717, 1.165) is 48.6 Å².